The van der Waals surface area contributed by atoms with Crippen LogP contribution in [0.5, 0.6) is 0 Å². The molecular weight excluding hydrogens is 433 g/mol. The smallest absolute Gasteiger partial charge is 0.218 e. The topological polar surface area (TPSA) is 85.6 Å². The van der Waals surface area contributed by atoms with E-state index in [9.17, 15) is 19.2 Å². The van der Waals surface area contributed by atoms with E-state index in [0.29, 0.717) is 0 Å². The maximum absolute atomic E-state index is 12.8. The van der Waals surface area contributed by atoms with E-state index in [4.69, 9.17) is 11.7 Å². The maximum atomic E-state index is 12.8. The van der Waals surface area contributed by atoms with Gasteiger partial charge in [0, 0.05) is 68.8 Å². The van der Waals surface area contributed by atoms with Gasteiger partial charge >= 0.3 is 0 Å². The predicted molar refractivity (Wildman–Crippen MR) is 97.2 cm³/mol. The van der Waals surface area contributed by atoms with Crippen molar-refractivity contribution in [3.8, 4) is 12.3 Å². The number of carbonyl (C=O) groups excluding carboxylic acids is 4. The van der Waals surface area contributed by atoms with Crippen LogP contribution in [0.1, 0.15) is 34.6 Å². The van der Waals surface area contributed by atoms with Gasteiger partial charge in [0.1, 0.15) is 17.3 Å². The third kappa shape index (κ3) is 2.27. The minimum absolute atomic E-state index is 0. The van der Waals surface area contributed by atoms with Gasteiger partial charge in [0.05, 0.1) is 0 Å². The third-order valence-corrected chi connectivity index (χ3v) is 7.91. The number of Topliss-reactive ketones (excluding diaryl/α,β-unsaturated/α-hetero) is 3. The summed E-state index contributed by atoms with van der Waals surface area (Å²) < 4.78 is 0. The largest absolute Gasteiger partial charge is 0.637 e. The van der Waals surface area contributed by atoms with E-state index in [0.717, 1.165) is 0 Å². The van der Waals surface area contributed by atoms with Gasteiger partial charge in [-0.2, -0.15) is 0 Å². The number of ketones is 3. The third-order valence-electron chi connectivity index (χ3n) is 7.91. The van der Waals surface area contributed by atoms with E-state index in [1.807, 2.05) is 6.92 Å². The van der Waals surface area contributed by atoms with Crippen molar-refractivity contribution in [2.45, 2.75) is 52.9 Å². The van der Waals surface area contributed by atoms with Gasteiger partial charge in [-0.25, -0.2) is 0 Å². The van der Waals surface area contributed by atoms with Crippen LogP contribution in [0.3, 0.4) is 0 Å². The molecule has 6 nitrogen and oxygen atoms in total. The van der Waals surface area contributed by atoms with Crippen LogP contribution >= 0.6 is 0 Å². The van der Waals surface area contributed by atoms with E-state index in [2.05, 4.69) is 5.92 Å². The SMILES string of the molecule is C#CC12C(C)C3C(C(C)=O)C4C(C(C(C)=O)C1[N-]C3N4C(C)=O)C2C(C)=O.[Y]. The zero-order valence-corrected chi connectivity index (χ0v) is 19.7. The van der Waals surface area contributed by atoms with E-state index in [1.54, 1.807) is 4.90 Å². The number of piperidine rings is 1. The Morgan fingerprint density at radius 1 is 0.964 bits per heavy atom. The van der Waals surface area contributed by atoms with Crippen molar-refractivity contribution in [2.24, 2.45) is 40.9 Å². The first-order chi connectivity index (χ1) is 12.6. The van der Waals surface area contributed by atoms with Gasteiger partial charge < -0.3 is 10.2 Å². The summed E-state index contributed by atoms with van der Waals surface area (Å²) in [6.07, 6.45) is 5.61. The van der Waals surface area contributed by atoms with Crippen molar-refractivity contribution < 1.29 is 51.9 Å². The van der Waals surface area contributed by atoms with Crippen LogP contribution < -0.4 is 0 Å². The first-order valence-electron chi connectivity index (χ1n) is 9.59. The van der Waals surface area contributed by atoms with E-state index in [1.165, 1.54) is 27.7 Å². The molecule has 0 spiro atoms. The van der Waals surface area contributed by atoms with Gasteiger partial charge in [-0.05, 0) is 38.5 Å². The average Bonchev–Trinajstić information content (AvgIpc) is 2.97. The monoisotopic (exact) mass is 458 g/mol. The molecule has 1 amide bonds. The van der Waals surface area contributed by atoms with Crippen molar-refractivity contribution in [1.82, 2.24) is 4.90 Å². The summed E-state index contributed by atoms with van der Waals surface area (Å²) in [5, 5.41) is 4.93. The van der Waals surface area contributed by atoms with Gasteiger partial charge in [-0.15, -0.1) is 18.4 Å². The molecule has 10 atom stereocenters. The second-order valence-corrected chi connectivity index (χ2v) is 8.81. The fourth-order valence-corrected chi connectivity index (χ4v) is 7.31. The maximum Gasteiger partial charge on any atom is 0.218 e. The Hall–Kier alpha value is -0.896. The minimum atomic E-state index is -0.862. The molecule has 147 valence electrons. The molecule has 0 aromatic rings. The first-order valence-corrected chi connectivity index (χ1v) is 9.59. The summed E-state index contributed by atoms with van der Waals surface area (Å²) in [5.74, 6) is 0.188. The Morgan fingerprint density at radius 3 is 1.96 bits per heavy atom. The summed E-state index contributed by atoms with van der Waals surface area (Å²) in [7, 11) is 0. The number of hydrogen-bond acceptors (Lipinski definition) is 4. The van der Waals surface area contributed by atoms with Crippen molar-refractivity contribution in [2.75, 3.05) is 0 Å². The molecule has 6 bridgehead atoms. The standard InChI is InChI=1S/C21H25N2O4.Y/c1-7-21-8(2)13-14(9(3)24)18-16(17(21)11(5)26)15(10(4)25)19(21)22-20(13)23(18)12(6)27;/h1,8,13-20H,2-6H3;/q-1;. The zero-order valence-electron chi connectivity index (χ0n) is 16.9. The summed E-state index contributed by atoms with van der Waals surface area (Å²) in [5.41, 5.74) is -0.862. The second kappa shape index (κ2) is 6.82. The molecule has 2 aliphatic carbocycles. The number of rotatable bonds is 3. The number of terminal acetylenes is 1. The van der Waals surface area contributed by atoms with E-state index >= 15 is 0 Å². The molecule has 2 saturated carbocycles. The Balaban J connectivity index is 0.00000225. The second-order valence-electron chi connectivity index (χ2n) is 8.81. The Morgan fingerprint density at radius 2 is 1.54 bits per heavy atom. The van der Waals surface area contributed by atoms with E-state index < -0.39 is 47.3 Å². The molecule has 0 aromatic carbocycles. The van der Waals surface area contributed by atoms with Gasteiger partial charge in [0.2, 0.25) is 5.91 Å². The van der Waals surface area contributed by atoms with Crippen molar-refractivity contribution >= 4 is 23.3 Å². The summed E-state index contributed by atoms with van der Waals surface area (Å²) in [6.45, 7) is 8.00. The van der Waals surface area contributed by atoms with Crippen LogP contribution in [0.15, 0.2) is 0 Å². The fourth-order valence-electron chi connectivity index (χ4n) is 7.31. The quantitative estimate of drug-likeness (QED) is 0.599. The van der Waals surface area contributed by atoms with E-state index in [-0.39, 0.29) is 67.8 Å². The van der Waals surface area contributed by atoms with Crippen LogP contribution in [0.2, 0.25) is 0 Å². The molecule has 7 heteroatoms. The van der Waals surface area contributed by atoms with Gasteiger partial charge in [0.15, 0.2) is 0 Å². The van der Waals surface area contributed by atoms with Gasteiger partial charge in [0.25, 0.3) is 0 Å². The van der Waals surface area contributed by atoms with Gasteiger partial charge in [-0.3, -0.25) is 19.2 Å². The Labute approximate surface area is 190 Å². The molecule has 3 heterocycles. The Kier molecular flexibility index (Phi) is 5.31. The zero-order chi connectivity index (χ0) is 20.0. The molecule has 5 aliphatic rings. The first kappa shape index (κ1) is 21.8. The number of carbonyl (C=O) groups is 4. The van der Waals surface area contributed by atoms with Crippen molar-refractivity contribution in [1.29, 1.82) is 0 Å². The van der Waals surface area contributed by atoms with Crippen LogP contribution in [-0.2, 0) is 51.9 Å². The Bertz CT molecular complexity index is 820. The molecule has 5 rings (SSSR count). The summed E-state index contributed by atoms with van der Waals surface area (Å²) >= 11 is 0. The molecule has 3 saturated heterocycles. The normalized spacial score (nSPS) is 47.3. The molecule has 10 unspecified atom stereocenters. The molecule has 28 heavy (non-hydrogen) atoms. The fraction of sp³-hybridized carbons (Fsp3) is 0.714. The molecule has 0 aromatic heterocycles. The number of nitrogens with zero attached hydrogens (tertiary/aromatic N) is 2. The molecule has 1 radical (unpaired) electrons. The van der Waals surface area contributed by atoms with Crippen molar-refractivity contribution in [3.63, 3.8) is 0 Å². The van der Waals surface area contributed by atoms with Crippen LogP contribution in [0, 0.1) is 53.3 Å². The van der Waals surface area contributed by atoms with Gasteiger partial charge in [-0.1, -0.05) is 13.1 Å². The number of hydrogen-bond donors (Lipinski definition) is 0. The molecule has 3 aliphatic heterocycles. The summed E-state index contributed by atoms with van der Waals surface area (Å²) in [4.78, 5) is 52.5. The molecular formula is C21H25N2O4Y-. The van der Waals surface area contributed by atoms with Crippen LogP contribution in [0.4, 0.5) is 0 Å². The minimum Gasteiger partial charge on any atom is -0.637 e. The van der Waals surface area contributed by atoms with Crippen LogP contribution in [-0.4, -0.2) is 46.4 Å². The summed E-state index contributed by atoms with van der Waals surface area (Å²) in [6, 6.07) is -0.971. The van der Waals surface area contributed by atoms with Crippen LogP contribution in [0.25, 0.3) is 5.32 Å². The molecule has 5 fully saturated rings. The average molecular weight is 458 g/mol. The number of amides is 1. The molecule has 0 N–H and O–H groups in total. The predicted octanol–water partition coefficient (Wildman–Crippen LogP) is 1.43. The van der Waals surface area contributed by atoms with Crippen molar-refractivity contribution in [3.05, 3.63) is 5.32 Å².